The van der Waals surface area contributed by atoms with Gasteiger partial charge in [0.2, 0.25) is 11.5 Å². The zero-order valence-electron chi connectivity index (χ0n) is 33.8. The quantitative estimate of drug-likeness (QED) is 0.0699. The van der Waals surface area contributed by atoms with Crippen LogP contribution in [0.25, 0.3) is 22.0 Å². The molecule has 2 aliphatic heterocycles. The zero-order valence-corrected chi connectivity index (χ0v) is 33.8. The molecule has 3 heterocycles. The number of phenolic OH excluding ortho intramolecular Hbond substituents is 1. The molecule has 320 valence electrons. The molecular weight excluding hydrogens is 784 g/mol. The van der Waals surface area contributed by atoms with E-state index in [9.17, 15) is 33.8 Å². The number of fused-ring (bicyclic) bond motifs is 1. The number of aliphatic hydroxyl groups excluding tert-OH is 1. The van der Waals surface area contributed by atoms with Crippen LogP contribution in [0.15, 0.2) is 102 Å². The summed E-state index contributed by atoms with van der Waals surface area (Å²) in [6.45, 7) is 3.62. The molecule has 1 atom stereocenters. The highest BCUT2D eigenvalue weighted by Crippen LogP contribution is 2.30. The number of aliphatic hydroxyl groups is 1. The highest BCUT2D eigenvalue weighted by molar-refractivity contribution is 5.91. The van der Waals surface area contributed by atoms with Gasteiger partial charge in [0, 0.05) is 80.5 Å². The van der Waals surface area contributed by atoms with Crippen LogP contribution in [0, 0.1) is 11.7 Å². The molecule has 2 fully saturated rings. The molecular formula is C46H51FN6O8. The second-order valence-corrected chi connectivity index (χ2v) is 15.5. The van der Waals surface area contributed by atoms with E-state index >= 15 is 0 Å². The van der Waals surface area contributed by atoms with Crippen molar-refractivity contribution in [2.45, 2.75) is 50.9 Å². The topological polar surface area (TPSA) is 186 Å². The van der Waals surface area contributed by atoms with Crippen molar-refractivity contribution in [2.24, 2.45) is 5.92 Å². The number of piperidine rings is 2. The average Bonchev–Trinajstić information content (AvgIpc) is 3.27. The fourth-order valence-corrected chi connectivity index (χ4v) is 7.88. The second kappa shape index (κ2) is 20.3. The highest BCUT2D eigenvalue weighted by atomic mass is 19.1. The molecule has 3 amide bonds. The van der Waals surface area contributed by atoms with Gasteiger partial charge in [-0.25, -0.2) is 14.0 Å². The largest absolute Gasteiger partial charge is 0.506 e. The molecule has 2 saturated heterocycles. The lowest BCUT2D eigenvalue weighted by Crippen LogP contribution is -2.43. The number of hydrogen-bond acceptors (Lipinski definition) is 10. The van der Waals surface area contributed by atoms with Crippen LogP contribution < -0.4 is 21.5 Å². The number of para-hydroxylation sites is 1. The van der Waals surface area contributed by atoms with Gasteiger partial charge in [0.15, 0.2) is 0 Å². The third-order valence-corrected chi connectivity index (χ3v) is 11.3. The third kappa shape index (κ3) is 11.5. The van der Waals surface area contributed by atoms with Crippen LogP contribution in [0.2, 0.25) is 0 Å². The van der Waals surface area contributed by atoms with E-state index in [-0.39, 0.29) is 60.1 Å². The fourth-order valence-electron chi connectivity index (χ4n) is 7.88. The minimum Gasteiger partial charge on any atom is -0.506 e. The Bertz CT molecular complexity index is 2360. The first-order valence-corrected chi connectivity index (χ1v) is 20.7. The van der Waals surface area contributed by atoms with Crippen molar-refractivity contribution in [3.63, 3.8) is 0 Å². The van der Waals surface area contributed by atoms with E-state index in [1.807, 2.05) is 59.5 Å². The van der Waals surface area contributed by atoms with E-state index in [2.05, 4.69) is 25.8 Å². The van der Waals surface area contributed by atoms with Crippen molar-refractivity contribution in [3.05, 3.63) is 124 Å². The van der Waals surface area contributed by atoms with Crippen molar-refractivity contribution in [1.82, 2.24) is 20.1 Å². The van der Waals surface area contributed by atoms with Gasteiger partial charge in [0.1, 0.15) is 17.7 Å². The number of aromatic nitrogens is 1. The number of pyridine rings is 1. The Balaban J connectivity index is 0.756. The lowest BCUT2D eigenvalue weighted by atomic mass is 9.97. The van der Waals surface area contributed by atoms with Crippen LogP contribution in [-0.4, -0.2) is 95.1 Å². The van der Waals surface area contributed by atoms with E-state index < -0.39 is 24.1 Å². The Kier molecular flexibility index (Phi) is 14.3. The van der Waals surface area contributed by atoms with E-state index in [0.29, 0.717) is 73.9 Å². The third-order valence-electron chi connectivity index (χ3n) is 11.3. The second-order valence-electron chi connectivity index (χ2n) is 15.5. The molecule has 7 rings (SSSR count). The van der Waals surface area contributed by atoms with E-state index in [1.165, 1.54) is 30.3 Å². The summed E-state index contributed by atoms with van der Waals surface area (Å²) in [5.74, 6) is -0.473. The van der Waals surface area contributed by atoms with Crippen LogP contribution in [-0.2, 0) is 20.8 Å². The summed E-state index contributed by atoms with van der Waals surface area (Å²) in [5.41, 5.74) is 3.52. The fraction of sp³-hybridized carbons (Fsp3) is 0.348. The number of carbonyl (C=O) groups excluding carboxylic acids is 3. The number of carbonyl (C=O) groups is 3. The van der Waals surface area contributed by atoms with Crippen molar-refractivity contribution >= 4 is 40.4 Å². The molecule has 0 spiro atoms. The van der Waals surface area contributed by atoms with Gasteiger partial charge in [-0.05, 0) is 73.1 Å². The number of amides is 3. The number of phenols is 1. The van der Waals surface area contributed by atoms with Gasteiger partial charge in [-0.1, -0.05) is 60.7 Å². The Morgan fingerprint density at radius 1 is 0.852 bits per heavy atom. The lowest BCUT2D eigenvalue weighted by molar-refractivity contribution is -0.133. The molecule has 0 unspecified atom stereocenters. The Labute approximate surface area is 352 Å². The SMILES string of the molecule is O=C(Nc1ccc(CNC[C@H](O)c2ccc(O)c3[nH]c(=O)ccc23)c(F)c1)OCC1CCN(C(=O)CCN2CCC(OC(=O)Nc3ccccc3-c3ccccc3)CC2)CC1. The van der Waals surface area contributed by atoms with Crippen LogP contribution in [0.5, 0.6) is 5.75 Å². The number of rotatable bonds is 14. The summed E-state index contributed by atoms with van der Waals surface area (Å²) in [4.78, 5) is 56.7. The maximum absolute atomic E-state index is 14.9. The number of likely N-dealkylation sites (tertiary alicyclic amines) is 2. The Morgan fingerprint density at radius 3 is 2.38 bits per heavy atom. The molecule has 6 N–H and O–H groups in total. The molecule has 5 aromatic rings. The van der Waals surface area contributed by atoms with Gasteiger partial charge < -0.3 is 39.8 Å². The maximum atomic E-state index is 14.9. The lowest BCUT2D eigenvalue weighted by Gasteiger charge is -2.34. The number of nitrogens with one attached hydrogen (secondary N) is 4. The van der Waals surface area contributed by atoms with Gasteiger partial charge in [0.05, 0.1) is 23.9 Å². The molecule has 15 heteroatoms. The van der Waals surface area contributed by atoms with Gasteiger partial charge in [-0.2, -0.15) is 0 Å². The summed E-state index contributed by atoms with van der Waals surface area (Å²) in [6, 6.07) is 27.6. The monoisotopic (exact) mass is 834 g/mol. The van der Waals surface area contributed by atoms with Crippen molar-refractivity contribution in [1.29, 1.82) is 0 Å². The number of hydrogen-bond donors (Lipinski definition) is 6. The number of nitrogens with zero attached hydrogens (tertiary/aromatic N) is 2. The molecule has 0 aliphatic carbocycles. The van der Waals surface area contributed by atoms with Gasteiger partial charge in [0.25, 0.3) is 0 Å². The summed E-state index contributed by atoms with van der Waals surface area (Å²) in [5, 5.41) is 29.9. The smallest absolute Gasteiger partial charge is 0.411 e. The summed E-state index contributed by atoms with van der Waals surface area (Å²) >= 11 is 0. The highest BCUT2D eigenvalue weighted by Gasteiger charge is 2.27. The van der Waals surface area contributed by atoms with Crippen molar-refractivity contribution in [3.8, 4) is 16.9 Å². The first-order chi connectivity index (χ1) is 29.6. The molecule has 0 bridgehead atoms. The molecule has 4 aromatic carbocycles. The predicted octanol–water partition coefficient (Wildman–Crippen LogP) is 6.75. The van der Waals surface area contributed by atoms with Gasteiger partial charge in [-0.3, -0.25) is 20.2 Å². The minimum absolute atomic E-state index is 0.0735. The number of ether oxygens (including phenoxy) is 2. The van der Waals surface area contributed by atoms with Crippen LogP contribution in [0.3, 0.4) is 0 Å². The number of H-pyrrole nitrogens is 1. The molecule has 2 aliphatic rings. The molecule has 14 nitrogen and oxygen atoms in total. The number of halogens is 1. The first-order valence-electron chi connectivity index (χ1n) is 20.7. The Hall–Kier alpha value is -6.29. The van der Waals surface area contributed by atoms with E-state index in [4.69, 9.17) is 9.47 Å². The average molecular weight is 835 g/mol. The molecule has 0 saturated carbocycles. The molecule has 1 aromatic heterocycles. The normalized spacial score (nSPS) is 15.6. The van der Waals surface area contributed by atoms with Crippen molar-refractivity contribution in [2.75, 3.05) is 56.5 Å². The minimum atomic E-state index is -0.999. The Morgan fingerprint density at radius 2 is 1.61 bits per heavy atom. The maximum Gasteiger partial charge on any atom is 0.411 e. The predicted molar refractivity (Wildman–Crippen MR) is 230 cm³/mol. The van der Waals surface area contributed by atoms with E-state index in [1.54, 1.807) is 12.1 Å². The number of aromatic hydroxyl groups is 1. The zero-order chi connectivity index (χ0) is 42.7. The van der Waals surface area contributed by atoms with Gasteiger partial charge >= 0.3 is 12.2 Å². The van der Waals surface area contributed by atoms with Crippen LogP contribution in [0.4, 0.5) is 25.4 Å². The van der Waals surface area contributed by atoms with Crippen LogP contribution >= 0.6 is 0 Å². The first kappa shape index (κ1) is 42.8. The van der Waals surface area contributed by atoms with Crippen molar-refractivity contribution < 1.29 is 38.5 Å². The number of aromatic amines is 1. The standard InChI is InChI=1S/C46H51FN6O8/c47-38-26-33(11-10-32(38)27-48-28-41(55)36-12-14-40(54)44-37(36)13-15-42(56)51-44)49-45(58)60-29-30-16-24-53(25-17-30)43(57)20-23-52-21-18-34(19-22-52)61-46(59)50-39-9-5-4-8-35(39)31-6-2-1-3-7-31/h1-15,26,30,34,41,48,54-55H,16-25,27-29H2,(H,49,58)(H,50,59)(H,51,56)/t41-/m0/s1. The summed E-state index contributed by atoms with van der Waals surface area (Å²) < 4.78 is 26.1. The van der Waals surface area contributed by atoms with Crippen LogP contribution in [0.1, 0.15) is 49.3 Å². The molecule has 0 radical (unpaired) electrons. The number of benzene rings is 4. The summed E-state index contributed by atoms with van der Waals surface area (Å²) in [7, 11) is 0. The number of anilines is 2. The van der Waals surface area contributed by atoms with E-state index in [0.717, 1.165) is 24.2 Å². The molecule has 61 heavy (non-hydrogen) atoms. The van der Waals surface area contributed by atoms with Gasteiger partial charge in [-0.15, -0.1) is 0 Å². The summed E-state index contributed by atoms with van der Waals surface area (Å²) in [6.07, 6.45) is 0.828.